The molecule has 0 saturated heterocycles. The van der Waals surface area contributed by atoms with Gasteiger partial charge in [-0.3, -0.25) is 4.79 Å². The van der Waals surface area contributed by atoms with Gasteiger partial charge < -0.3 is 22.1 Å². The molecule has 2 nitrogen and oxygen atoms in total. The van der Waals surface area contributed by atoms with Crippen molar-refractivity contribution in [3.05, 3.63) is 78.9 Å². The van der Waals surface area contributed by atoms with Crippen LogP contribution in [0.1, 0.15) is 64.2 Å². The smallest absolute Gasteiger partial charge is 0.303 e. The van der Waals surface area contributed by atoms with Gasteiger partial charge in [-0.1, -0.05) is 93.1 Å². The first kappa shape index (κ1) is 26.6. The summed E-state index contributed by atoms with van der Waals surface area (Å²) in [6.07, 6.45) is 12.3. The third kappa shape index (κ3) is 5.99. The molecule has 4 heteroatoms. The number of carbonyl (C=O) groups is 1. The zero-order valence-corrected chi connectivity index (χ0v) is 22.4. The van der Waals surface area contributed by atoms with Gasteiger partial charge in [-0.05, 0) is 43.5 Å². The third-order valence-electron chi connectivity index (χ3n) is 7.00. The number of hydrogen-bond acceptors (Lipinski definition) is 1. The minimum absolute atomic E-state index is 0. The summed E-state index contributed by atoms with van der Waals surface area (Å²) in [5.41, 5.74) is 2.88. The summed E-state index contributed by atoms with van der Waals surface area (Å²) in [7, 11) is -1.61. The van der Waals surface area contributed by atoms with E-state index in [-0.39, 0.29) is 17.0 Å². The Morgan fingerprint density at radius 1 is 0.588 bits per heavy atom. The number of aliphatic carboxylic acids is 1. The molecule has 1 heterocycles. The molecule has 1 N–H and O–H groups in total. The quantitative estimate of drug-likeness (QED) is 0.264. The first-order valence-electron chi connectivity index (χ1n) is 12.6. The molecule has 1 aliphatic rings. The van der Waals surface area contributed by atoms with E-state index >= 15 is 0 Å². The molecule has 0 unspecified atom stereocenters. The summed E-state index contributed by atoms with van der Waals surface area (Å²) in [4.78, 5) is 10.6. The first-order chi connectivity index (χ1) is 16.2. The zero-order chi connectivity index (χ0) is 22.9. The molecular formula is C30H36BrO2P. The second-order valence-electron chi connectivity index (χ2n) is 9.23. The zero-order valence-electron chi connectivity index (χ0n) is 20.0. The van der Waals surface area contributed by atoms with E-state index < -0.39 is 13.2 Å². The van der Waals surface area contributed by atoms with Gasteiger partial charge in [-0.15, -0.1) is 0 Å². The molecule has 0 amide bonds. The van der Waals surface area contributed by atoms with E-state index in [9.17, 15) is 4.79 Å². The fourth-order valence-corrected chi connectivity index (χ4v) is 10.2. The predicted octanol–water partition coefficient (Wildman–Crippen LogP) is 3.95. The Bertz CT molecular complexity index is 1000. The van der Waals surface area contributed by atoms with Crippen molar-refractivity contribution in [1.82, 2.24) is 0 Å². The van der Waals surface area contributed by atoms with Crippen molar-refractivity contribution >= 4 is 29.1 Å². The van der Waals surface area contributed by atoms with Crippen LogP contribution in [0.4, 0.5) is 0 Å². The summed E-state index contributed by atoms with van der Waals surface area (Å²) in [6.45, 7) is 0. The van der Waals surface area contributed by atoms with Gasteiger partial charge in [0.2, 0.25) is 0 Å². The minimum atomic E-state index is -1.61. The van der Waals surface area contributed by atoms with Crippen LogP contribution in [0.15, 0.2) is 78.9 Å². The van der Waals surface area contributed by atoms with Crippen LogP contribution in [-0.2, 0) is 4.79 Å². The third-order valence-corrected chi connectivity index (χ3v) is 11.6. The van der Waals surface area contributed by atoms with Crippen molar-refractivity contribution in [1.29, 1.82) is 0 Å². The molecule has 0 aromatic heterocycles. The summed E-state index contributed by atoms with van der Waals surface area (Å²) in [5, 5.41) is 13.4. The topological polar surface area (TPSA) is 37.3 Å². The lowest BCUT2D eigenvalue weighted by Gasteiger charge is -2.24. The van der Waals surface area contributed by atoms with Gasteiger partial charge in [0.1, 0.15) is 23.2 Å². The summed E-state index contributed by atoms with van der Waals surface area (Å²) in [5.74, 6) is -0.668. The standard InChI is InChI=1S/C30H35O2P.BrH/c31-30(32)23-11-6-4-2-1-3-5-7-16-24-33(25-17-9-8-10-18-25)28-21-14-12-19-26(28)27-20-13-15-22-29(27)33;/h8-10,12-15,17-22H,1-7,11,16,23-24H2;1H. The average molecular weight is 539 g/mol. The van der Waals surface area contributed by atoms with Gasteiger partial charge in [-0.2, -0.15) is 0 Å². The summed E-state index contributed by atoms with van der Waals surface area (Å²) in [6, 6.07) is 29.5. The maximum Gasteiger partial charge on any atom is 0.303 e. The van der Waals surface area contributed by atoms with Crippen LogP contribution in [0, 0.1) is 0 Å². The Balaban J connectivity index is 0.00000324. The van der Waals surface area contributed by atoms with Crippen LogP contribution in [0.5, 0.6) is 0 Å². The summed E-state index contributed by atoms with van der Waals surface area (Å²) >= 11 is 0. The number of benzene rings is 3. The first-order valence-corrected chi connectivity index (χ1v) is 14.6. The lowest BCUT2D eigenvalue weighted by atomic mass is 10.1. The molecule has 0 spiro atoms. The highest BCUT2D eigenvalue weighted by Gasteiger charge is 2.52. The predicted molar refractivity (Wildman–Crippen MR) is 143 cm³/mol. The fourth-order valence-electron chi connectivity index (χ4n) is 5.39. The Kier molecular flexibility index (Phi) is 10.4. The molecule has 0 radical (unpaired) electrons. The van der Waals surface area contributed by atoms with Crippen LogP contribution in [0.25, 0.3) is 11.1 Å². The van der Waals surface area contributed by atoms with Crippen molar-refractivity contribution in [2.24, 2.45) is 0 Å². The number of carboxylic acid groups (broad SMARTS) is 1. The molecule has 1 aliphatic heterocycles. The molecule has 3 aromatic rings. The van der Waals surface area contributed by atoms with Crippen LogP contribution in [-0.4, -0.2) is 17.2 Å². The van der Waals surface area contributed by atoms with E-state index in [1.165, 1.54) is 67.5 Å². The highest BCUT2D eigenvalue weighted by atomic mass is 79.9. The van der Waals surface area contributed by atoms with Gasteiger partial charge in [0.25, 0.3) is 0 Å². The average Bonchev–Trinajstić information content (AvgIpc) is 3.14. The Hall–Kier alpha value is -1.96. The number of halogens is 1. The van der Waals surface area contributed by atoms with Crippen molar-refractivity contribution in [2.45, 2.75) is 64.2 Å². The Labute approximate surface area is 215 Å². The molecule has 180 valence electrons. The van der Waals surface area contributed by atoms with Gasteiger partial charge in [0, 0.05) is 17.5 Å². The van der Waals surface area contributed by atoms with Gasteiger partial charge >= 0.3 is 5.97 Å². The normalized spacial score (nSPS) is 13.1. The number of fused-ring (bicyclic) bond motifs is 3. The monoisotopic (exact) mass is 538 g/mol. The molecule has 4 rings (SSSR count). The lowest BCUT2D eigenvalue weighted by Crippen LogP contribution is -3.00. The van der Waals surface area contributed by atoms with E-state index in [2.05, 4.69) is 78.9 Å². The van der Waals surface area contributed by atoms with Gasteiger partial charge in [0.15, 0.2) is 0 Å². The second-order valence-corrected chi connectivity index (χ2v) is 12.8. The number of unbranched alkanes of at least 4 members (excludes halogenated alkanes) is 8. The van der Waals surface area contributed by atoms with Gasteiger partial charge in [0.05, 0.1) is 6.16 Å². The maximum atomic E-state index is 10.6. The molecule has 0 atom stereocenters. The van der Waals surface area contributed by atoms with Crippen LogP contribution in [0.3, 0.4) is 0 Å². The molecule has 0 aliphatic carbocycles. The maximum absolute atomic E-state index is 10.6. The van der Waals surface area contributed by atoms with Crippen LogP contribution in [0.2, 0.25) is 0 Å². The highest BCUT2D eigenvalue weighted by molar-refractivity contribution is 7.96. The van der Waals surface area contributed by atoms with E-state index in [1.807, 2.05) is 0 Å². The van der Waals surface area contributed by atoms with Crippen LogP contribution >= 0.6 is 7.26 Å². The van der Waals surface area contributed by atoms with Crippen molar-refractivity contribution < 1.29 is 26.9 Å². The molecule has 0 fully saturated rings. The fraction of sp³-hybridized carbons (Fsp3) is 0.367. The largest absolute Gasteiger partial charge is 1.00 e. The minimum Gasteiger partial charge on any atom is -1.00 e. The molecular weight excluding hydrogens is 503 g/mol. The van der Waals surface area contributed by atoms with E-state index in [0.29, 0.717) is 6.42 Å². The molecule has 0 saturated carbocycles. The number of rotatable bonds is 13. The van der Waals surface area contributed by atoms with Crippen molar-refractivity contribution in [3.63, 3.8) is 0 Å². The SMILES string of the molecule is O=C(O)CCCCCCCCCCC[P+]1(c2ccccc2)c2ccccc2-c2ccccc21.[Br-]. The van der Waals surface area contributed by atoms with E-state index in [0.717, 1.165) is 12.8 Å². The highest BCUT2D eigenvalue weighted by Crippen LogP contribution is 2.62. The van der Waals surface area contributed by atoms with Crippen molar-refractivity contribution in [3.8, 4) is 11.1 Å². The van der Waals surface area contributed by atoms with Crippen molar-refractivity contribution in [2.75, 3.05) is 6.16 Å². The lowest BCUT2D eigenvalue weighted by molar-refractivity contribution is -0.137. The molecule has 0 bridgehead atoms. The van der Waals surface area contributed by atoms with Crippen LogP contribution < -0.4 is 32.9 Å². The molecule has 3 aromatic carbocycles. The second kappa shape index (κ2) is 13.2. The number of carboxylic acids is 1. The Morgan fingerprint density at radius 3 is 1.56 bits per heavy atom. The Morgan fingerprint density at radius 2 is 1.03 bits per heavy atom. The van der Waals surface area contributed by atoms with E-state index in [4.69, 9.17) is 5.11 Å². The summed E-state index contributed by atoms with van der Waals surface area (Å²) < 4.78 is 0. The van der Waals surface area contributed by atoms with Gasteiger partial charge in [-0.25, -0.2) is 0 Å². The van der Waals surface area contributed by atoms with E-state index in [1.54, 1.807) is 10.6 Å². The molecule has 34 heavy (non-hydrogen) atoms. The number of hydrogen-bond donors (Lipinski definition) is 1.